The zero-order valence-electron chi connectivity index (χ0n) is 12.6. The maximum absolute atomic E-state index is 6.17. The molecule has 2 aromatic heterocycles. The van der Waals surface area contributed by atoms with Gasteiger partial charge in [-0.25, -0.2) is 0 Å². The molecule has 0 aliphatic heterocycles. The predicted molar refractivity (Wildman–Crippen MR) is 102 cm³/mol. The summed E-state index contributed by atoms with van der Waals surface area (Å²) in [7, 11) is 0. The molecule has 4 nitrogen and oxygen atoms in total. The van der Waals surface area contributed by atoms with Crippen molar-refractivity contribution in [2.24, 2.45) is 0 Å². The second kappa shape index (κ2) is 6.22. The molecule has 2 heterocycles. The van der Waals surface area contributed by atoms with Gasteiger partial charge in [0.1, 0.15) is 10.8 Å². The quantitative estimate of drug-likeness (QED) is 0.529. The van der Waals surface area contributed by atoms with Crippen molar-refractivity contribution in [3.8, 4) is 26.8 Å². The molecule has 0 aliphatic rings. The molecule has 2 N–H and O–H groups in total. The van der Waals surface area contributed by atoms with Crippen LogP contribution < -0.4 is 5.73 Å². The predicted octanol–water partition coefficient (Wildman–Crippen LogP) is 5.01. The number of hydrogen-bond acceptors (Lipinski definition) is 4. The molecule has 0 bridgehead atoms. The van der Waals surface area contributed by atoms with E-state index in [0.29, 0.717) is 5.82 Å². The fourth-order valence-corrected chi connectivity index (χ4v) is 3.57. The molecule has 0 spiro atoms. The first kappa shape index (κ1) is 15.1. The fourth-order valence-electron chi connectivity index (χ4n) is 2.46. The Morgan fingerprint density at radius 1 is 0.875 bits per heavy atom. The first-order chi connectivity index (χ1) is 11.7. The molecule has 2 aromatic carbocycles. The van der Waals surface area contributed by atoms with Gasteiger partial charge in [0, 0.05) is 21.8 Å². The Kier molecular flexibility index (Phi) is 3.92. The summed E-state index contributed by atoms with van der Waals surface area (Å²) >= 11 is 4.95. The minimum absolute atomic E-state index is 0.646. The molecule has 118 valence electrons. The summed E-state index contributed by atoms with van der Waals surface area (Å²) in [6, 6.07) is 20.1. The lowest BCUT2D eigenvalue weighted by Crippen LogP contribution is -1.97. The van der Waals surface area contributed by atoms with E-state index in [0.717, 1.165) is 31.3 Å². The van der Waals surface area contributed by atoms with Crippen LogP contribution in [0.3, 0.4) is 0 Å². The van der Waals surface area contributed by atoms with Crippen molar-refractivity contribution in [3.05, 3.63) is 71.3 Å². The summed E-state index contributed by atoms with van der Waals surface area (Å²) in [5.41, 5.74) is 9.40. The van der Waals surface area contributed by atoms with E-state index in [1.165, 1.54) is 11.3 Å². The first-order valence-electron chi connectivity index (χ1n) is 7.34. The molecular weight excluding hydrogens is 384 g/mol. The van der Waals surface area contributed by atoms with Crippen LogP contribution in [0.5, 0.6) is 0 Å². The zero-order valence-corrected chi connectivity index (χ0v) is 15.0. The van der Waals surface area contributed by atoms with Crippen LogP contribution in [0.2, 0.25) is 0 Å². The van der Waals surface area contributed by atoms with Crippen LogP contribution in [0.25, 0.3) is 26.8 Å². The van der Waals surface area contributed by atoms with Gasteiger partial charge >= 0.3 is 0 Å². The van der Waals surface area contributed by atoms with Gasteiger partial charge < -0.3 is 5.73 Å². The van der Waals surface area contributed by atoms with Crippen LogP contribution in [0, 0.1) is 0 Å². The van der Waals surface area contributed by atoms with Gasteiger partial charge in [0.05, 0.1) is 0 Å². The largest absolute Gasteiger partial charge is 0.385 e. The van der Waals surface area contributed by atoms with Crippen LogP contribution in [-0.4, -0.2) is 14.8 Å². The smallest absolute Gasteiger partial charge is 0.218 e. The standard InChI is InChI=1S/C18H13BrN4S/c19-15-8-6-13(7-9-15)17-21-22-18(24-17)23-11-14(10-16(23)20)12-4-2-1-3-5-12/h1-11H,20H2. The molecule has 6 heteroatoms. The van der Waals surface area contributed by atoms with Crippen LogP contribution in [0.4, 0.5) is 5.82 Å². The van der Waals surface area contributed by atoms with E-state index in [9.17, 15) is 0 Å². The van der Waals surface area contributed by atoms with Gasteiger partial charge in [-0.1, -0.05) is 69.7 Å². The number of halogens is 1. The summed E-state index contributed by atoms with van der Waals surface area (Å²) in [6.07, 6.45) is 2.00. The van der Waals surface area contributed by atoms with E-state index in [1.54, 1.807) is 0 Å². The number of nitrogens with two attached hydrogens (primary N) is 1. The minimum atomic E-state index is 0.646. The van der Waals surface area contributed by atoms with E-state index >= 15 is 0 Å². The SMILES string of the molecule is Nc1cc(-c2ccccc2)cn1-c1nnc(-c2ccc(Br)cc2)s1. The highest BCUT2D eigenvalue weighted by atomic mass is 79.9. The van der Waals surface area contributed by atoms with Gasteiger partial charge in [0.2, 0.25) is 5.13 Å². The van der Waals surface area contributed by atoms with E-state index < -0.39 is 0 Å². The van der Waals surface area contributed by atoms with Crippen molar-refractivity contribution in [2.45, 2.75) is 0 Å². The van der Waals surface area contributed by atoms with Gasteiger partial charge in [-0.05, 0) is 23.8 Å². The van der Waals surface area contributed by atoms with E-state index in [-0.39, 0.29) is 0 Å². The highest BCUT2D eigenvalue weighted by Crippen LogP contribution is 2.30. The normalized spacial score (nSPS) is 10.9. The molecule has 24 heavy (non-hydrogen) atoms. The molecule has 0 radical (unpaired) electrons. The van der Waals surface area contributed by atoms with E-state index in [1.807, 2.05) is 59.3 Å². The average molecular weight is 397 g/mol. The first-order valence-corrected chi connectivity index (χ1v) is 8.95. The Morgan fingerprint density at radius 2 is 1.62 bits per heavy atom. The maximum atomic E-state index is 6.17. The Balaban J connectivity index is 1.70. The topological polar surface area (TPSA) is 56.7 Å². The Morgan fingerprint density at radius 3 is 2.38 bits per heavy atom. The molecule has 0 fully saturated rings. The third kappa shape index (κ3) is 2.86. The number of nitrogens with zero attached hydrogens (tertiary/aromatic N) is 3. The summed E-state index contributed by atoms with van der Waals surface area (Å²) in [4.78, 5) is 0. The number of anilines is 1. The van der Waals surface area contributed by atoms with Gasteiger partial charge in [-0.3, -0.25) is 4.57 Å². The lowest BCUT2D eigenvalue weighted by atomic mass is 10.1. The van der Waals surface area contributed by atoms with Crippen LogP contribution in [0.15, 0.2) is 71.3 Å². The Bertz CT molecular complexity index is 974. The third-order valence-corrected chi connectivity index (χ3v) is 5.17. The molecule has 0 aliphatic carbocycles. The number of nitrogen functional groups attached to an aromatic ring is 1. The highest BCUT2D eigenvalue weighted by molar-refractivity contribution is 9.10. The monoisotopic (exact) mass is 396 g/mol. The maximum Gasteiger partial charge on any atom is 0.218 e. The second-order valence-electron chi connectivity index (χ2n) is 5.29. The van der Waals surface area contributed by atoms with Gasteiger partial charge in [0.15, 0.2) is 0 Å². The molecule has 0 saturated carbocycles. The van der Waals surface area contributed by atoms with Crippen LogP contribution in [-0.2, 0) is 0 Å². The molecule has 4 aromatic rings. The van der Waals surface area contributed by atoms with E-state index in [2.05, 4.69) is 38.3 Å². The minimum Gasteiger partial charge on any atom is -0.385 e. The van der Waals surface area contributed by atoms with Crippen LogP contribution in [0.1, 0.15) is 0 Å². The zero-order chi connectivity index (χ0) is 16.5. The molecule has 0 unspecified atom stereocenters. The van der Waals surface area contributed by atoms with Crippen molar-refractivity contribution < 1.29 is 0 Å². The van der Waals surface area contributed by atoms with Crippen LogP contribution >= 0.6 is 27.3 Å². The second-order valence-corrected chi connectivity index (χ2v) is 7.16. The number of rotatable bonds is 3. The fraction of sp³-hybridized carbons (Fsp3) is 0. The number of hydrogen-bond donors (Lipinski definition) is 1. The summed E-state index contributed by atoms with van der Waals surface area (Å²) in [5, 5.41) is 10.2. The number of benzene rings is 2. The van der Waals surface area contributed by atoms with Crippen molar-refractivity contribution in [1.29, 1.82) is 0 Å². The van der Waals surface area contributed by atoms with Gasteiger partial charge in [-0.15, -0.1) is 10.2 Å². The number of aromatic nitrogens is 3. The van der Waals surface area contributed by atoms with E-state index in [4.69, 9.17) is 5.73 Å². The molecule has 0 saturated heterocycles. The molecule has 0 amide bonds. The lowest BCUT2D eigenvalue weighted by molar-refractivity contribution is 0.983. The van der Waals surface area contributed by atoms with Gasteiger partial charge in [0.25, 0.3) is 0 Å². The Hall–Kier alpha value is -2.44. The highest BCUT2D eigenvalue weighted by Gasteiger charge is 2.12. The molecular formula is C18H13BrN4S. The lowest BCUT2D eigenvalue weighted by Gasteiger charge is -1.98. The average Bonchev–Trinajstić information content (AvgIpc) is 3.23. The van der Waals surface area contributed by atoms with Crippen molar-refractivity contribution >= 4 is 33.1 Å². The summed E-state index contributed by atoms with van der Waals surface area (Å²) < 4.78 is 2.92. The summed E-state index contributed by atoms with van der Waals surface area (Å²) in [5.74, 6) is 0.646. The molecule has 4 rings (SSSR count). The van der Waals surface area contributed by atoms with Crippen molar-refractivity contribution in [1.82, 2.24) is 14.8 Å². The summed E-state index contributed by atoms with van der Waals surface area (Å²) in [6.45, 7) is 0. The molecule has 0 atom stereocenters. The Labute approximate surface area is 151 Å². The van der Waals surface area contributed by atoms with Gasteiger partial charge in [-0.2, -0.15) is 0 Å². The van der Waals surface area contributed by atoms with Crippen molar-refractivity contribution in [2.75, 3.05) is 5.73 Å². The van der Waals surface area contributed by atoms with Crippen molar-refractivity contribution in [3.63, 3.8) is 0 Å². The third-order valence-electron chi connectivity index (χ3n) is 3.67.